The first kappa shape index (κ1) is 18.2. The summed E-state index contributed by atoms with van der Waals surface area (Å²) in [5.41, 5.74) is 0.806. The van der Waals surface area contributed by atoms with Crippen LogP contribution < -0.4 is 10.6 Å². The summed E-state index contributed by atoms with van der Waals surface area (Å²) in [6.45, 7) is 5.28. The Kier molecular flexibility index (Phi) is 7.60. The van der Waals surface area contributed by atoms with Crippen LogP contribution >= 0.6 is 0 Å². The van der Waals surface area contributed by atoms with Gasteiger partial charge in [-0.05, 0) is 18.5 Å². The second-order valence-electron chi connectivity index (χ2n) is 5.87. The van der Waals surface area contributed by atoms with E-state index in [1.165, 1.54) is 0 Å². The smallest absolute Gasteiger partial charge is 0.249 e. The van der Waals surface area contributed by atoms with Crippen LogP contribution in [0.4, 0.5) is 0 Å². The summed E-state index contributed by atoms with van der Waals surface area (Å²) >= 11 is 0. The van der Waals surface area contributed by atoms with Crippen molar-refractivity contribution in [3.05, 3.63) is 35.9 Å². The van der Waals surface area contributed by atoms with E-state index in [0.29, 0.717) is 19.5 Å². The van der Waals surface area contributed by atoms with Crippen LogP contribution in [0.3, 0.4) is 0 Å². The molecule has 0 aliphatic rings. The van der Waals surface area contributed by atoms with Crippen LogP contribution in [-0.2, 0) is 9.59 Å². The molecule has 1 rings (SSSR count). The SMILES string of the molecule is CNCCN(C)C(=O)C(NC(=O)CC(C)C)c1ccccc1. The summed E-state index contributed by atoms with van der Waals surface area (Å²) in [4.78, 5) is 26.4. The summed E-state index contributed by atoms with van der Waals surface area (Å²) in [5.74, 6) is 0.0614. The monoisotopic (exact) mass is 305 g/mol. The summed E-state index contributed by atoms with van der Waals surface area (Å²) in [7, 11) is 3.60. The third-order valence-electron chi connectivity index (χ3n) is 3.35. The predicted molar refractivity (Wildman–Crippen MR) is 88.3 cm³/mol. The standard InChI is InChI=1S/C17H27N3O2/c1-13(2)12-15(21)19-16(14-8-6-5-7-9-14)17(22)20(4)11-10-18-3/h5-9,13,16,18H,10-12H2,1-4H3,(H,19,21). The Hall–Kier alpha value is -1.88. The molecule has 0 spiro atoms. The lowest BCUT2D eigenvalue weighted by atomic mass is 10.0. The molecule has 2 N–H and O–H groups in total. The fraction of sp³-hybridized carbons (Fsp3) is 0.529. The zero-order chi connectivity index (χ0) is 16.5. The van der Waals surface area contributed by atoms with Crippen molar-refractivity contribution in [1.82, 2.24) is 15.5 Å². The van der Waals surface area contributed by atoms with Gasteiger partial charge in [-0.3, -0.25) is 9.59 Å². The highest BCUT2D eigenvalue weighted by molar-refractivity contribution is 5.88. The van der Waals surface area contributed by atoms with E-state index in [-0.39, 0.29) is 17.7 Å². The number of hydrogen-bond acceptors (Lipinski definition) is 3. The van der Waals surface area contributed by atoms with Crippen LogP contribution in [0.2, 0.25) is 0 Å². The Balaban J connectivity index is 2.87. The van der Waals surface area contributed by atoms with Gasteiger partial charge in [-0.25, -0.2) is 0 Å². The van der Waals surface area contributed by atoms with Crippen LogP contribution in [0, 0.1) is 5.92 Å². The molecule has 0 radical (unpaired) electrons. The van der Waals surface area contributed by atoms with Crippen molar-refractivity contribution in [2.75, 3.05) is 27.2 Å². The third kappa shape index (κ3) is 5.85. The number of hydrogen-bond donors (Lipinski definition) is 2. The fourth-order valence-electron chi connectivity index (χ4n) is 2.13. The van der Waals surface area contributed by atoms with Crippen molar-refractivity contribution >= 4 is 11.8 Å². The number of carbonyl (C=O) groups excluding carboxylic acids is 2. The minimum absolute atomic E-state index is 0.0979. The van der Waals surface area contributed by atoms with Crippen molar-refractivity contribution in [1.29, 1.82) is 0 Å². The Morgan fingerprint density at radius 3 is 2.36 bits per heavy atom. The molecule has 1 atom stereocenters. The van der Waals surface area contributed by atoms with E-state index in [0.717, 1.165) is 5.56 Å². The maximum atomic E-state index is 12.7. The summed E-state index contributed by atoms with van der Waals surface area (Å²) in [5, 5.41) is 5.89. The molecular weight excluding hydrogens is 278 g/mol. The van der Waals surface area contributed by atoms with Crippen molar-refractivity contribution in [2.45, 2.75) is 26.3 Å². The molecule has 0 heterocycles. The topological polar surface area (TPSA) is 61.4 Å². The molecule has 0 saturated heterocycles. The number of nitrogens with zero attached hydrogens (tertiary/aromatic N) is 1. The molecule has 1 aromatic carbocycles. The first-order valence-corrected chi connectivity index (χ1v) is 7.69. The average molecular weight is 305 g/mol. The van der Waals surface area contributed by atoms with Crippen LogP contribution in [0.5, 0.6) is 0 Å². The molecular formula is C17H27N3O2. The predicted octanol–water partition coefficient (Wildman–Crippen LogP) is 1.57. The van der Waals surface area contributed by atoms with E-state index in [1.807, 2.05) is 51.2 Å². The lowest BCUT2D eigenvalue weighted by Crippen LogP contribution is -2.43. The fourth-order valence-corrected chi connectivity index (χ4v) is 2.13. The Labute approximate surface area is 133 Å². The van der Waals surface area contributed by atoms with Gasteiger partial charge < -0.3 is 15.5 Å². The van der Waals surface area contributed by atoms with Crippen LogP contribution in [0.1, 0.15) is 31.9 Å². The van der Waals surface area contributed by atoms with Crippen LogP contribution in [0.25, 0.3) is 0 Å². The minimum Gasteiger partial charge on any atom is -0.342 e. The van der Waals surface area contributed by atoms with Gasteiger partial charge in [-0.2, -0.15) is 0 Å². The molecule has 0 aliphatic carbocycles. The lowest BCUT2D eigenvalue weighted by Gasteiger charge is -2.25. The molecule has 0 bridgehead atoms. The van der Waals surface area contributed by atoms with Crippen molar-refractivity contribution < 1.29 is 9.59 Å². The number of nitrogens with one attached hydrogen (secondary N) is 2. The molecule has 0 aromatic heterocycles. The second kappa shape index (κ2) is 9.20. The first-order valence-electron chi connectivity index (χ1n) is 7.69. The molecule has 22 heavy (non-hydrogen) atoms. The van der Waals surface area contributed by atoms with Crippen molar-refractivity contribution in [2.24, 2.45) is 5.92 Å². The molecule has 5 nitrogen and oxygen atoms in total. The van der Waals surface area contributed by atoms with E-state index in [1.54, 1.807) is 11.9 Å². The molecule has 1 unspecified atom stereocenters. The largest absolute Gasteiger partial charge is 0.342 e. The molecule has 0 fully saturated rings. The van der Waals surface area contributed by atoms with Gasteiger partial charge in [0.25, 0.3) is 0 Å². The van der Waals surface area contributed by atoms with Gasteiger partial charge in [-0.1, -0.05) is 44.2 Å². The molecule has 0 aliphatic heterocycles. The quantitative estimate of drug-likeness (QED) is 0.766. The lowest BCUT2D eigenvalue weighted by molar-refractivity contribution is -0.135. The number of benzene rings is 1. The molecule has 122 valence electrons. The van der Waals surface area contributed by atoms with Gasteiger partial charge >= 0.3 is 0 Å². The van der Waals surface area contributed by atoms with Crippen LogP contribution in [0.15, 0.2) is 30.3 Å². The van der Waals surface area contributed by atoms with Gasteiger partial charge in [0.15, 0.2) is 0 Å². The van der Waals surface area contributed by atoms with E-state index >= 15 is 0 Å². The highest BCUT2D eigenvalue weighted by Gasteiger charge is 2.25. The molecule has 0 saturated carbocycles. The Morgan fingerprint density at radius 1 is 1.18 bits per heavy atom. The van der Waals surface area contributed by atoms with Crippen molar-refractivity contribution in [3.63, 3.8) is 0 Å². The maximum Gasteiger partial charge on any atom is 0.249 e. The van der Waals surface area contributed by atoms with E-state index in [4.69, 9.17) is 0 Å². The molecule has 1 aromatic rings. The molecule has 5 heteroatoms. The highest BCUT2D eigenvalue weighted by atomic mass is 16.2. The van der Waals surface area contributed by atoms with Gasteiger partial charge in [0.1, 0.15) is 6.04 Å². The van der Waals surface area contributed by atoms with E-state index < -0.39 is 6.04 Å². The molecule has 2 amide bonds. The second-order valence-corrected chi connectivity index (χ2v) is 5.87. The summed E-state index contributed by atoms with van der Waals surface area (Å²) in [6.07, 6.45) is 0.414. The zero-order valence-electron chi connectivity index (χ0n) is 13.9. The van der Waals surface area contributed by atoms with Crippen LogP contribution in [-0.4, -0.2) is 43.9 Å². The number of carbonyl (C=O) groups is 2. The van der Waals surface area contributed by atoms with Crippen molar-refractivity contribution in [3.8, 4) is 0 Å². The maximum absolute atomic E-state index is 12.7. The summed E-state index contributed by atoms with van der Waals surface area (Å²) in [6, 6.07) is 8.74. The first-order chi connectivity index (χ1) is 10.5. The highest BCUT2D eigenvalue weighted by Crippen LogP contribution is 2.16. The Morgan fingerprint density at radius 2 is 1.82 bits per heavy atom. The minimum atomic E-state index is -0.630. The zero-order valence-corrected chi connectivity index (χ0v) is 13.9. The van der Waals surface area contributed by atoms with E-state index in [2.05, 4.69) is 10.6 Å². The number of amides is 2. The summed E-state index contributed by atoms with van der Waals surface area (Å²) < 4.78 is 0. The van der Waals surface area contributed by atoms with Gasteiger partial charge in [0, 0.05) is 26.6 Å². The number of rotatable bonds is 8. The van der Waals surface area contributed by atoms with Gasteiger partial charge in [-0.15, -0.1) is 0 Å². The van der Waals surface area contributed by atoms with E-state index in [9.17, 15) is 9.59 Å². The average Bonchev–Trinajstić information content (AvgIpc) is 2.49. The van der Waals surface area contributed by atoms with Gasteiger partial charge in [0.2, 0.25) is 11.8 Å². The number of likely N-dealkylation sites (N-methyl/N-ethyl adjacent to an activating group) is 2. The Bertz CT molecular complexity index is 474. The normalized spacial score (nSPS) is 12.0. The third-order valence-corrected chi connectivity index (χ3v) is 3.35. The van der Waals surface area contributed by atoms with Gasteiger partial charge in [0.05, 0.1) is 0 Å².